The van der Waals surface area contributed by atoms with E-state index in [-0.39, 0.29) is 29.0 Å². The zero-order chi connectivity index (χ0) is 35.2. The standard InChI is InChI=1S/C37H43FN8O4/c1-22-9-8-10-23(2)45(22)36-42-41-33-16-13-26(21-44(33)36)49-31-15-14-30(28-11-6-7-12-29(28)31)39-35(47)40-34-20-32(37(3,4)5)43-46(34)25-17-24(38)18-27(19-25)50-48/h6-7,11-13,16-23,30-31,48H,8-10,14-15H2,1-5H3,(H2,39,40,47)/t22-,23+,30-,31+/m0/s1. The number of amides is 2. The third kappa shape index (κ3) is 6.57. The number of pyridine rings is 1. The summed E-state index contributed by atoms with van der Waals surface area (Å²) in [7, 11) is 0. The highest BCUT2D eigenvalue weighted by Crippen LogP contribution is 2.39. The zero-order valence-electron chi connectivity index (χ0n) is 28.9. The van der Waals surface area contributed by atoms with E-state index in [4.69, 9.17) is 9.99 Å². The average molecular weight is 683 g/mol. The summed E-state index contributed by atoms with van der Waals surface area (Å²) >= 11 is 0. The Hall–Kier alpha value is -5.17. The van der Waals surface area contributed by atoms with Gasteiger partial charge < -0.3 is 19.8 Å². The smallest absolute Gasteiger partial charge is 0.320 e. The molecule has 1 saturated heterocycles. The van der Waals surface area contributed by atoms with Gasteiger partial charge in [-0.3, -0.25) is 9.72 Å². The Kier molecular flexibility index (Phi) is 8.85. The lowest BCUT2D eigenvalue weighted by atomic mass is 9.85. The van der Waals surface area contributed by atoms with Crippen LogP contribution < -0.4 is 25.2 Å². The lowest BCUT2D eigenvalue weighted by molar-refractivity contribution is -0.137. The van der Waals surface area contributed by atoms with Crippen molar-refractivity contribution in [2.24, 2.45) is 0 Å². The number of hydrogen-bond acceptors (Lipinski definition) is 8. The first-order valence-electron chi connectivity index (χ1n) is 17.2. The van der Waals surface area contributed by atoms with Crippen LogP contribution in [0.3, 0.4) is 0 Å². The molecule has 13 heteroatoms. The molecule has 0 spiro atoms. The number of fused-ring (bicyclic) bond motifs is 2. The summed E-state index contributed by atoms with van der Waals surface area (Å²) in [5, 5.41) is 28.9. The SMILES string of the molecule is C[C@@H]1CCC[C@H](C)N1c1nnc2ccc(O[C@@H]3CC[C@H](NC(=O)Nc4cc(C(C)(C)C)nn4-c4cc(F)cc(OO)c4)c4ccccc43)cn12. The van der Waals surface area contributed by atoms with Crippen molar-refractivity contribution in [1.29, 1.82) is 0 Å². The number of anilines is 2. The van der Waals surface area contributed by atoms with E-state index >= 15 is 0 Å². The van der Waals surface area contributed by atoms with Crippen molar-refractivity contribution in [2.75, 3.05) is 10.2 Å². The highest BCUT2D eigenvalue weighted by molar-refractivity contribution is 5.89. The molecule has 12 nitrogen and oxygen atoms in total. The maximum atomic E-state index is 14.4. The fourth-order valence-electron chi connectivity index (χ4n) is 7.17. The van der Waals surface area contributed by atoms with Gasteiger partial charge in [0.25, 0.3) is 0 Å². The molecule has 2 aromatic carbocycles. The van der Waals surface area contributed by atoms with Crippen LogP contribution in [0.4, 0.5) is 21.0 Å². The van der Waals surface area contributed by atoms with E-state index in [2.05, 4.69) is 49.6 Å². The molecule has 1 fully saturated rings. The number of ether oxygens (including phenoxy) is 1. The Morgan fingerprint density at radius 1 is 0.940 bits per heavy atom. The molecule has 3 aromatic heterocycles. The molecule has 50 heavy (non-hydrogen) atoms. The first-order valence-corrected chi connectivity index (χ1v) is 17.2. The van der Waals surface area contributed by atoms with Crippen LogP contribution in [0.15, 0.2) is 66.9 Å². The van der Waals surface area contributed by atoms with Crippen molar-refractivity contribution < 1.29 is 24.1 Å². The third-order valence-corrected chi connectivity index (χ3v) is 9.73. The quantitative estimate of drug-likeness (QED) is 0.117. The summed E-state index contributed by atoms with van der Waals surface area (Å²) in [4.78, 5) is 20.2. The first-order chi connectivity index (χ1) is 24.0. The minimum atomic E-state index is -0.626. The summed E-state index contributed by atoms with van der Waals surface area (Å²) in [5.74, 6) is 1.17. The molecule has 0 bridgehead atoms. The molecule has 1 aliphatic heterocycles. The van der Waals surface area contributed by atoms with E-state index in [1.807, 2.05) is 67.8 Å². The predicted octanol–water partition coefficient (Wildman–Crippen LogP) is 7.75. The van der Waals surface area contributed by atoms with Crippen molar-refractivity contribution in [3.05, 3.63) is 89.5 Å². The topological polar surface area (TPSA) is 131 Å². The first kappa shape index (κ1) is 33.3. The van der Waals surface area contributed by atoms with Crippen molar-refractivity contribution in [3.63, 3.8) is 0 Å². The van der Waals surface area contributed by atoms with E-state index in [9.17, 15) is 9.18 Å². The van der Waals surface area contributed by atoms with Crippen LogP contribution in [0.1, 0.15) is 95.7 Å². The monoisotopic (exact) mass is 682 g/mol. The van der Waals surface area contributed by atoms with E-state index in [1.54, 1.807) is 6.07 Å². The van der Waals surface area contributed by atoms with E-state index in [0.717, 1.165) is 47.4 Å². The van der Waals surface area contributed by atoms with Gasteiger partial charge in [0.1, 0.15) is 23.5 Å². The highest BCUT2D eigenvalue weighted by atomic mass is 19.1. The Morgan fingerprint density at radius 2 is 1.70 bits per heavy atom. The number of aromatic nitrogens is 5. The van der Waals surface area contributed by atoms with Crippen molar-refractivity contribution >= 4 is 23.4 Å². The fourth-order valence-corrected chi connectivity index (χ4v) is 7.17. The van der Waals surface area contributed by atoms with Gasteiger partial charge in [-0.1, -0.05) is 45.0 Å². The Morgan fingerprint density at radius 3 is 2.44 bits per heavy atom. The molecule has 5 aromatic rings. The minimum absolute atomic E-state index is 0.0907. The molecule has 3 N–H and O–H groups in total. The van der Waals surface area contributed by atoms with Gasteiger partial charge in [0, 0.05) is 35.7 Å². The summed E-state index contributed by atoms with van der Waals surface area (Å²) in [6.07, 6.45) is 6.53. The maximum Gasteiger partial charge on any atom is 0.320 e. The molecule has 2 aliphatic rings. The summed E-state index contributed by atoms with van der Waals surface area (Å²) < 4.78 is 24.5. The van der Waals surface area contributed by atoms with Gasteiger partial charge in [0.05, 0.1) is 23.6 Å². The second-order valence-corrected chi connectivity index (χ2v) is 14.4. The summed E-state index contributed by atoms with van der Waals surface area (Å²) in [6.45, 7) is 10.5. The number of hydrogen-bond donors (Lipinski definition) is 3. The van der Waals surface area contributed by atoms with Crippen LogP contribution in [0.2, 0.25) is 0 Å². The molecule has 0 saturated carbocycles. The molecule has 7 rings (SSSR count). The number of carbonyl (C=O) groups is 1. The number of urea groups is 1. The molecule has 2 amide bonds. The maximum absolute atomic E-state index is 14.4. The number of rotatable bonds is 7. The molecular formula is C37H43FN8O4. The van der Waals surface area contributed by atoms with Crippen LogP contribution in [-0.2, 0) is 5.41 Å². The number of halogens is 1. The van der Waals surface area contributed by atoms with Gasteiger partial charge in [-0.05, 0) is 75.3 Å². The summed E-state index contributed by atoms with van der Waals surface area (Å²) in [6, 6.07) is 17.4. The van der Waals surface area contributed by atoms with Crippen LogP contribution in [0, 0.1) is 5.82 Å². The number of nitrogens with zero attached hydrogens (tertiary/aromatic N) is 6. The van der Waals surface area contributed by atoms with Crippen molar-refractivity contribution in [2.45, 2.75) is 96.4 Å². The van der Waals surface area contributed by atoms with Gasteiger partial charge in [-0.25, -0.2) is 19.1 Å². The highest BCUT2D eigenvalue weighted by Gasteiger charge is 2.31. The van der Waals surface area contributed by atoms with Gasteiger partial charge in [-0.2, -0.15) is 5.10 Å². The Balaban J connectivity index is 1.10. The second kappa shape index (κ2) is 13.3. The lowest BCUT2D eigenvalue weighted by Crippen LogP contribution is -2.44. The third-order valence-electron chi connectivity index (χ3n) is 9.73. The second-order valence-electron chi connectivity index (χ2n) is 14.4. The molecule has 0 radical (unpaired) electrons. The lowest BCUT2D eigenvalue weighted by Gasteiger charge is -2.39. The Bertz CT molecular complexity index is 2010. The molecule has 4 heterocycles. The zero-order valence-corrected chi connectivity index (χ0v) is 28.9. The number of carbonyl (C=O) groups excluding carboxylic acids is 1. The van der Waals surface area contributed by atoms with Gasteiger partial charge in [0.15, 0.2) is 11.4 Å². The van der Waals surface area contributed by atoms with Gasteiger partial charge in [-0.15, -0.1) is 10.2 Å². The Labute approximate surface area is 290 Å². The predicted molar refractivity (Wildman–Crippen MR) is 188 cm³/mol. The molecule has 262 valence electrons. The van der Waals surface area contributed by atoms with Gasteiger partial charge >= 0.3 is 6.03 Å². The van der Waals surface area contributed by atoms with Gasteiger partial charge in [0.2, 0.25) is 5.95 Å². The van der Waals surface area contributed by atoms with E-state index in [1.165, 1.54) is 23.2 Å². The molecular weight excluding hydrogens is 639 g/mol. The van der Waals surface area contributed by atoms with Crippen LogP contribution in [0.25, 0.3) is 11.3 Å². The van der Waals surface area contributed by atoms with Crippen LogP contribution in [-0.4, -0.2) is 47.8 Å². The van der Waals surface area contributed by atoms with Crippen molar-refractivity contribution in [1.82, 2.24) is 29.7 Å². The van der Waals surface area contributed by atoms with Crippen LogP contribution >= 0.6 is 0 Å². The molecule has 4 atom stereocenters. The number of benzene rings is 2. The van der Waals surface area contributed by atoms with E-state index in [0.29, 0.717) is 36.4 Å². The minimum Gasteiger partial charge on any atom is -0.484 e. The number of piperidine rings is 1. The fraction of sp³-hybridized carbons (Fsp3) is 0.405. The molecule has 0 unspecified atom stereocenters. The van der Waals surface area contributed by atoms with E-state index < -0.39 is 11.8 Å². The van der Waals surface area contributed by atoms with Crippen LogP contribution in [0.5, 0.6) is 11.5 Å². The number of nitrogens with one attached hydrogen (secondary N) is 2. The largest absolute Gasteiger partial charge is 0.484 e. The van der Waals surface area contributed by atoms with Crippen molar-refractivity contribution in [3.8, 4) is 17.2 Å². The average Bonchev–Trinajstić information content (AvgIpc) is 3.70. The summed E-state index contributed by atoms with van der Waals surface area (Å²) in [5.41, 5.74) is 3.35. The molecule has 1 aliphatic carbocycles. The normalized spacial score (nSPS) is 20.7.